The van der Waals surface area contributed by atoms with Crippen molar-refractivity contribution in [1.82, 2.24) is 10.3 Å². The number of nitrogens with two attached hydrogens (primary N) is 1. The lowest BCUT2D eigenvalue weighted by Gasteiger charge is -2.05. The Kier molecular flexibility index (Phi) is 8.48. The number of carbonyl (C=O) groups is 1. The van der Waals surface area contributed by atoms with E-state index in [9.17, 15) is 4.79 Å². The lowest BCUT2D eigenvalue weighted by molar-refractivity contribution is 0.0948. The number of hydrogen-bond acceptors (Lipinski definition) is 5. The zero-order valence-corrected chi connectivity index (χ0v) is 13.3. The van der Waals surface area contributed by atoms with Crippen molar-refractivity contribution >= 4 is 42.1 Å². The highest BCUT2D eigenvalue weighted by atomic mass is 35.5. The largest absolute Gasteiger partial charge is 0.472 e. The van der Waals surface area contributed by atoms with Crippen LogP contribution in [-0.4, -0.2) is 23.5 Å². The topological polar surface area (TPSA) is 81.1 Å². The predicted molar refractivity (Wildman–Crippen MR) is 84.9 cm³/mol. The molecule has 0 radical (unpaired) electrons. The van der Waals surface area contributed by atoms with Crippen molar-refractivity contribution in [3.63, 3.8) is 0 Å². The summed E-state index contributed by atoms with van der Waals surface area (Å²) in [6, 6.07) is 1.90. The van der Waals surface area contributed by atoms with E-state index in [2.05, 4.69) is 10.3 Å². The summed E-state index contributed by atoms with van der Waals surface area (Å²) in [6.07, 6.45) is 3.94. The Hall–Kier alpha value is -1.08. The maximum absolute atomic E-state index is 11.8. The summed E-state index contributed by atoms with van der Waals surface area (Å²) < 4.78 is 4.98. The van der Waals surface area contributed by atoms with Crippen LogP contribution in [0, 0.1) is 0 Å². The first kappa shape index (κ1) is 18.9. The molecule has 0 bridgehead atoms. The second kappa shape index (κ2) is 8.97. The molecule has 2 rings (SSSR count). The first-order valence-corrected chi connectivity index (χ1v) is 6.56. The molecule has 0 aromatic carbocycles. The fraction of sp³-hybridized carbons (Fsp3) is 0.333. The Bertz CT molecular complexity index is 515. The summed E-state index contributed by atoms with van der Waals surface area (Å²) in [6.45, 7) is 2.47. The van der Waals surface area contributed by atoms with Gasteiger partial charge in [0, 0.05) is 23.5 Å². The third-order valence-corrected chi connectivity index (χ3v) is 3.28. The predicted octanol–water partition coefficient (Wildman–Crippen LogP) is 2.71. The maximum atomic E-state index is 11.8. The number of thiazole rings is 1. The average molecular weight is 338 g/mol. The standard InChI is InChI=1S/C12H15N3O2S.2ClH/c1-8(13)2-4-14-11(16)10-7-18-12(15-10)9-3-5-17-6-9;;/h3,5-8H,2,4,13H2,1H3,(H,14,16);2*1H. The Morgan fingerprint density at radius 1 is 1.55 bits per heavy atom. The number of amides is 1. The van der Waals surface area contributed by atoms with E-state index in [1.807, 2.05) is 13.0 Å². The fourth-order valence-electron chi connectivity index (χ4n) is 1.40. The van der Waals surface area contributed by atoms with E-state index in [0.29, 0.717) is 12.2 Å². The highest BCUT2D eigenvalue weighted by molar-refractivity contribution is 7.13. The highest BCUT2D eigenvalue weighted by Gasteiger charge is 2.12. The van der Waals surface area contributed by atoms with Gasteiger partial charge in [-0.2, -0.15) is 0 Å². The van der Waals surface area contributed by atoms with Gasteiger partial charge in [0.2, 0.25) is 0 Å². The molecule has 0 fully saturated rings. The van der Waals surface area contributed by atoms with E-state index in [1.54, 1.807) is 17.9 Å². The smallest absolute Gasteiger partial charge is 0.270 e. The Labute approximate surface area is 133 Å². The zero-order valence-electron chi connectivity index (χ0n) is 10.9. The zero-order chi connectivity index (χ0) is 13.0. The average Bonchev–Trinajstić information content (AvgIpc) is 2.99. The van der Waals surface area contributed by atoms with Crippen LogP contribution in [0.25, 0.3) is 10.6 Å². The minimum Gasteiger partial charge on any atom is -0.472 e. The molecule has 0 saturated heterocycles. The lowest BCUT2D eigenvalue weighted by Crippen LogP contribution is -2.29. The number of hydrogen-bond donors (Lipinski definition) is 2. The second-order valence-electron chi connectivity index (χ2n) is 4.07. The van der Waals surface area contributed by atoms with Crippen molar-refractivity contribution in [2.24, 2.45) is 5.73 Å². The molecule has 2 heterocycles. The van der Waals surface area contributed by atoms with E-state index in [1.165, 1.54) is 11.3 Å². The molecule has 0 aliphatic carbocycles. The molecular weight excluding hydrogens is 321 g/mol. The summed E-state index contributed by atoms with van der Waals surface area (Å²) in [7, 11) is 0. The van der Waals surface area contributed by atoms with Gasteiger partial charge in [-0.05, 0) is 19.4 Å². The Morgan fingerprint density at radius 2 is 2.30 bits per heavy atom. The molecular formula is C12H17Cl2N3O2S. The van der Waals surface area contributed by atoms with Crippen LogP contribution >= 0.6 is 36.2 Å². The third-order valence-electron chi connectivity index (χ3n) is 2.39. The molecule has 1 atom stereocenters. The Morgan fingerprint density at radius 3 is 2.90 bits per heavy atom. The quantitative estimate of drug-likeness (QED) is 0.878. The second-order valence-corrected chi connectivity index (χ2v) is 4.93. The molecule has 5 nitrogen and oxygen atoms in total. The van der Waals surface area contributed by atoms with Gasteiger partial charge in [-0.1, -0.05) is 0 Å². The molecule has 112 valence electrons. The van der Waals surface area contributed by atoms with Crippen LogP contribution in [-0.2, 0) is 0 Å². The van der Waals surface area contributed by atoms with Crippen LogP contribution in [0.1, 0.15) is 23.8 Å². The molecule has 1 amide bonds. The van der Waals surface area contributed by atoms with Gasteiger partial charge in [-0.25, -0.2) is 4.98 Å². The van der Waals surface area contributed by atoms with Crippen molar-refractivity contribution < 1.29 is 9.21 Å². The van der Waals surface area contributed by atoms with Crippen molar-refractivity contribution in [2.45, 2.75) is 19.4 Å². The van der Waals surface area contributed by atoms with Gasteiger partial charge in [0.05, 0.1) is 6.26 Å². The summed E-state index contributed by atoms with van der Waals surface area (Å²) in [4.78, 5) is 16.0. The van der Waals surface area contributed by atoms with Gasteiger partial charge >= 0.3 is 0 Å². The molecule has 0 spiro atoms. The van der Waals surface area contributed by atoms with Crippen LogP contribution in [0.15, 0.2) is 28.4 Å². The normalized spacial score (nSPS) is 11.1. The third kappa shape index (κ3) is 5.13. The molecule has 3 N–H and O–H groups in total. The van der Waals surface area contributed by atoms with Gasteiger partial charge in [0.15, 0.2) is 0 Å². The van der Waals surface area contributed by atoms with E-state index < -0.39 is 0 Å². The number of aromatic nitrogens is 1. The first-order valence-electron chi connectivity index (χ1n) is 5.68. The van der Waals surface area contributed by atoms with Crippen LogP contribution < -0.4 is 11.1 Å². The van der Waals surface area contributed by atoms with Crippen molar-refractivity contribution in [2.75, 3.05) is 6.54 Å². The SMILES string of the molecule is CC(N)CCNC(=O)c1csc(-c2ccoc2)n1.Cl.Cl. The Balaban J connectivity index is 0.00000180. The molecule has 20 heavy (non-hydrogen) atoms. The van der Waals surface area contributed by atoms with Crippen LogP contribution in [0.5, 0.6) is 0 Å². The van der Waals surface area contributed by atoms with Crippen LogP contribution in [0.4, 0.5) is 0 Å². The highest BCUT2D eigenvalue weighted by Crippen LogP contribution is 2.23. The molecule has 0 saturated carbocycles. The molecule has 2 aromatic rings. The van der Waals surface area contributed by atoms with E-state index in [-0.39, 0.29) is 36.8 Å². The van der Waals surface area contributed by atoms with Crippen LogP contribution in [0.2, 0.25) is 0 Å². The number of rotatable bonds is 5. The van der Waals surface area contributed by atoms with Gasteiger partial charge in [-0.3, -0.25) is 4.79 Å². The maximum Gasteiger partial charge on any atom is 0.270 e. The van der Waals surface area contributed by atoms with E-state index >= 15 is 0 Å². The summed E-state index contributed by atoms with van der Waals surface area (Å²) >= 11 is 1.42. The first-order chi connectivity index (χ1) is 8.66. The van der Waals surface area contributed by atoms with Gasteiger partial charge in [0.1, 0.15) is 17.0 Å². The number of nitrogens with zero attached hydrogens (tertiary/aromatic N) is 1. The number of carbonyl (C=O) groups excluding carboxylic acids is 1. The number of furan rings is 1. The van der Waals surface area contributed by atoms with E-state index in [4.69, 9.17) is 10.2 Å². The van der Waals surface area contributed by atoms with Crippen molar-refractivity contribution in [3.05, 3.63) is 29.7 Å². The molecule has 0 aliphatic rings. The molecule has 0 aliphatic heterocycles. The molecule has 2 aromatic heterocycles. The lowest BCUT2D eigenvalue weighted by atomic mass is 10.2. The van der Waals surface area contributed by atoms with Gasteiger partial charge in [0.25, 0.3) is 5.91 Å². The summed E-state index contributed by atoms with van der Waals surface area (Å²) in [5.41, 5.74) is 6.93. The summed E-state index contributed by atoms with van der Waals surface area (Å²) in [5.74, 6) is -0.165. The number of nitrogens with one attached hydrogen (secondary N) is 1. The number of halogens is 2. The monoisotopic (exact) mass is 337 g/mol. The van der Waals surface area contributed by atoms with Crippen molar-refractivity contribution in [1.29, 1.82) is 0 Å². The molecule has 1 unspecified atom stereocenters. The van der Waals surface area contributed by atoms with Crippen molar-refractivity contribution in [3.8, 4) is 10.6 Å². The van der Waals surface area contributed by atoms with E-state index in [0.717, 1.165) is 17.0 Å². The summed E-state index contributed by atoms with van der Waals surface area (Å²) in [5, 5.41) is 5.31. The molecule has 8 heteroatoms. The minimum atomic E-state index is -0.165. The minimum absolute atomic E-state index is 0. The van der Waals surface area contributed by atoms with Crippen LogP contribution in [0.3, 0.4) is 0 Å². The fourth-order valence-corrected chi connectivity index (χ4v) is 2.19. The van der Waals surface area contributed by atoms with Gasteiger partial charge in [-0.15, -0.1) is 36.2 Å². The van der Waals surface area contributed by atoms with Gasteiger partial charge < -0.3 is 15.5 Å².